The van der Waals surface area contributed by atoms with Gasteiger partial charge in [-0.25, -0.2) is 9.18 Å². The van der Waals surface area contributed by atoms with Crippen LogP contribution in [-0.4, -0.2) is 16.4 Å². The van der Waals surface area contributed by atoms with Gasteiger partial charge in [0, 0.05) is 29.7 Å². The van der Waals surface area contributed by atoms with E-state index in [9.17, 15) is 14.0 Å². The summed E-state index contributed by atoms with van der Waals surface area (Å²) in [6.07, 6.45) is 0.354. The number of benzene rings is 2. The summed E-state index contributed by atoms with van der Waals surface area (Å²) in [5, 5.41) is 0.715. The molecule has 0 radical (unpaired) electrons. The van der Waals surface area contributed by atoms with Gasteiger partial charge >= 0.3 is 5.97 Å². The molecule has 3 rings (SSSR count). The van der Waals surface area contributed by atoms with Gasteiger partial charge in [-0.3, -0.25) is 4.79 Å². The van der Waals surface area contributed by atoms with Crippen molar-refractivity contribution >= 4 is 22.8 Å². The van der Waals surface area contributed by atoms with Crippen molar-refractivity contribution in [3.8, 4) is 0 Å². The van der Waals surface area contributed by atoms with Gasteiger partial charge < -0.3 is 15.0 Å². The van der Waals surface area contributed by atoms with Crippen molar-refractivity contribution in [2.75, 3.05) is 0 Å². The van der Waals surface area contributed by atoms with Gasteiger partial charge in [0.15, 0.2) is 0 Å². The molecule has 1 amide bonds. The molecule has 24 heavy (non-hydrogen) atoms. The minimum absolute atomic E-state index is 0.317. The Morgan fingerprint density at radius 3 is 2.46 bits per heavy atom. The number of ether oxygens (including phenoxy) is 1. The molecule has 0 saturated carbocycles. The normalized spacial score (nSPS) is 12.1. The molecule has 0 aliphatic rings. The highest BCUT2D eigenvalue weighted by molar-refractivity contribution is 6.05. The van der Waals surface area contributed by atoms with E-state index in [1.165, 1.54) is 24.3 Å². The van der Waals surface area contributed by atoms with E-state index in [0.29, 0.717) is 16.5 Å². The summed E-state index contributed by atoms with van der Waals surface area (Å²) in [6.45, 7) is 0. The molecule has 0 saturated heterocycles. The van der Waals surface area contributed by atoms with E-state index < -0.39 is 23.8 Å². The maximum absolute atomic E-state index is 13.0. The molecule has 0 bridgehead atoms. The van der Waals surface area contributed by atoms with Gasteiger partial charge in [-0.2, -0.15) is 0 Å². The summed E-state index contributed by atoms with van der Waals surface area (Å²) >= 11 is 0. The largest absolute Gasteiger partial charge is 0.444 e. The molecule has 0 aliphatic carbocycles. The third kappa shape index (κ3) is 2.86. The van der Waals surface area contributed by atoms with Crippen molar-refractivity contribution in [1.82, 2.24) is 4.57 Å². The summed E-state index contributed by atoms with van der Waals surface area (Å²) in [7, 11) is 1.81. The third-order valence-corrected chi connectivity index (χ3v) is 3.77. The lowest BCUT2D eigenvalue weighted by molar-refractivity contribution is -0.127. The molecule has 0 aliphatic heterocycles. The van der Waals surface area contributed by atoms with Crippen molar-refractivity contribution in [3.05, 3.63) is 71.7 Å². The van der Waals surface area contributed by atoms with Crippen LogP contribution in [0.3, 0.4) is 0 Å². The summed E-state index contributed by atoms with van der Waals surface area (Å²) in [6, 6.07) is 12.4. The molecule has 0 fully saturated rings. The quantitative estimate of drug-likeness (QED) is 0.749. The van der Waals surface area contributed by atoms with Crippen LogP contribution in [0.1, 0.15) is 22.0 Å². The van der Waals surface area contributed by atoms with Gasteiger partial charge in [0.05, 0.1) is 5.56 Å². The van der Waals surface area contributed by atoms with Crippen molar-refractivity contribution < 1.29 is 18.7 Å². The highest BCUT2D eigenvalue weighted by atomic mass is 19.1. The zero-order valence-corrected chi connectivity index (χ0v) is 12.9. The summed E-state index contributed by atoms with van der Waals surface area (Å²) in [5.74, 6) is -1.95. The molecule has 0 unspecified atom stereocenters. The van der Waals surface area contributed by atoms with E-state index in [4.69, 9.17) is 10.5 Å². The fourth-order valence-electron chi connectivity index (χ4n) is 2.60. The Kier molecular flexibility index (Phi) is 4.04. The average molecular weight is 326 g/mol. The number of aryl methyl sites for hydroxylation is 1. The van der Waals surface area contributed by atoms with Crippen LogP contribution in [0.15, 0.2) is 54.7 Å². The number of halogens is 1. The molecule has 122 valence electrons. The van der Waals surface area contributed by atoms with Crippen LogP contribution in [0.2, 0.25) is 0 Å². The lowest BCUT2D eigenvalue weighted by Crippen LogP contribution is -2.26. The highest BCUT2D eigenvalue weighted by Gasteiger charge is 2.25. The predicted molar refractivity (Wildman–Crippen MR) is 86.7 cm³/mol. The van der Waals surface area contributed by atoms with Crippen molar-refractivity contribution in [2.24, 2.45) is 12.8 Å². The van der Waals surface area contributed by atoms with Crippen LogP contribution in [0.25, 0.3) is 10.9 Å². The number of nitrogens with zero attached hydrogens (tertiary/aromatic N) is 1. The lowest BCUT2D eigenvalue weighted by atomic mass is 10.1. The molecule has 3 aromatic rings. The molecule has 0 spiro atoms. The second-order valence-electron chi connectivity index (χ2n) is 5.41. The summed E-state index contributed by atoms with van der Waals surface area (Å²) in [4.78, 5) is 24.2. The van der Waals surface area contributed by atoms with Crippen molar-refractivity contribution in [1.29, 1.82) is 0 Å². The van der Waals surface area contributed by atoms with Crippen LogP contribution >= 0.6 is 0 Å². The number of fused-ring (bicyclic) bond motifs is 1. The molecular weight excluding hydrogens is 311 g/mol. The average Bonchev–Trinajstić information content (AvgIpc) is 2.91. The number of carbonyl (C=O) groups is 2. The zero-order valence-electron chi connectivity index (χ0n) is 12.9. The molecular formula is C18H15FN2O3. The Labute approximate surface area is 137 Å². The number of nitrogens with two attached hydrogens (primary N) is 1. The number of para-hydroxylation sites is 1. The van der Waals surface area contributed by atoms with Gasteiger partial charge in [0.2, 0.25) is 6.10 Å². The van der Waals surface area contributed by atoms with Gasteiger partial charge in [-0.05, 0) is 18.2 Å². The number of esters is 1. The minimum atomic E-state index is -1.28. The number of hydrogen-bond acceptors (Lipinski definition) is 3. The number of aromatic nitrogens is 1. The Bertz CT molecular complexity index is 916. The van der Waals surface area contributed by atoms with Gasteiger partial charge in [0.25, 0.3) is 5.91 Å². The molecule has 2 aromatic carbocycles. The SMILES string of the molecule is Cn1cc(C(=O)O[C@@H](C(N)=O)c2ccc(F)cc2)c2ccccc21. The first-order valence-electron chi connectivity index (χ1n) is 7.27. The lowest BCUT2D eigenvalue weighted by Gasteiger charge is -2.14. The molecule has 1 aromatic heterocycles. The molecule has 1 heterocycles. The Balaban J connectivity index is 1.93. The van der Waals surface area contributed by atoms with Gasteiger partial charge in [-0.1, -0.05) is 30.3 Å². The van der Waals surface area contributed by atoms with E-state index in [-0.39, 0.29) is 0 Å². The number of primary amides is 1. The first-order chi connectivity index (χ1) is 11.5. The second kappa shape index (κ2) is 6.16. The first kappa shape index (κ1) is 15.7. The maximum Gasteiger partial charge on any atom is 0.341 e. The van der Waals surface area contributed by atoms with Crippen LogP contribution in [0.4, 0.5) is 4.39 Å². The topological polar surface area (TPSA) is 74.3 Å². The van der Waals surface area contributed by atoms with Crippen molar-refractivity contribution in [3.63, 3.8) is 0 Å². The van der Waals surface area contributed by atoms with E-state index in [0.717, 1.165) is 5.52 Å². The van der Waals surface area contributed by atoms with E-state index in [1.807, 2.05) is 25.2 Å². The molecule has 1 atom stereocenters. The zero-order chi connectivity index (χ0) is 17.3. The van der Waals surface area contributed by atoms with E-state index >= 15 is 0 Å². The fourth-order valence-corrected chi connectivity index (χ4v) is 2.60. The summed E-state index contributed by atoms with van der Waals surface area (Å²) < 4.78 is 20.1. The monoisotopic (exact) mass is 326 g/mol. The maximum atomic E-state index is 13.0. The fraction of sp³-hybridized carbons (Fsp3) is 0.111. The summed E-state index contributed by atoms with van der Waals surface area (Å²) in [5.41, 5.74) is 6.85. The van der Waals surface area contributed by atoms with E-state index in [1.54, 1.807) is 16.8 Å². The Morgan fingerprint density at radius 2 is 1.79 bits per heavy atom. The van der Waals surface area contributed by atoms with Crippen LogP contribution < -0.4 is 5.73 Å². The molecule has 2 N–H and O–H groups in total. The first-order valence-corrected chi connectivity index (χ1v) is 7.27. The Morgan fingerprint density at radius 1 is 1.12 bits per heavy atom. The van der Waals surface area contributed by atoms with E-state index in [2.05, 4.69) is 0 Å². The van der Waals surface area contributed by atoms with Gasteiger partial charge in [0.1, 0.15) is 5.82 Å². The van der Waals surface area contributed by atoms with Crippen LogP contribution in [-0.2, 0) is 16.6 Å². The van der Waals surface area contributed by atoms with Gasteiger partial charge in [-0.15, -0.1) is 0 Å². The van der Waals surface area contributed by atoms with Crippen LogP contribution in [0.5, 0.6) is 0 Å². The second-order valence-corrected chi connectivity index (χ2v) is 5.41. The van der Waals surface area contributed by atoms with Crippen molar-refractivity contribution in [2.45, 2.75) is 6.10 Å². The smallest absolute Gasteiger partial charge is 0.341 e. The molecule has 6 heteroatoms. The number of amides is 1. The highest BCUT2D eigenvalue weighted by Crippen LogP contribution is 2.24. The van der Waals surface area contributed by atoms with Crippen LogP contribution in [0, 0.1) is 5.82 Å². The third-order valence-electron chi connectivity index (χ3n) is 3.77. The standard InChI is InChI=1S/C18H15FN2O3/c1-21-10-14(13-4-2-3-5-15(13)21)18(23)24-16(17(20)22)11-6-8-12(19)9-7-11/h2-10,16H,1H3,(H2,20,22)/t16-/m1/s1. The predicted octanol–water partition coefficient (Wildman–Crippen LogP) is 2.70. The number of carbonyl (C=O) groups excluding carboxylic acids is 2. The number of rotatable bonds is 4. The molecule has 5 nitrogen and oxygen atoms in total. The number of hydrogen-bond donors (Lipinski definition) is 1. The Hall–Kier alpha value is -3.15. The minimum Gasteiger partial charge on any atom is -0.444 e.